The molecule has 0 amide bonds. The summed E-state index contributed by atoms with van der Waals surface area (Å²) in [4.78, 5) is 0.0263. The Kier molecular flexibility index (Phi) is 4.07. The molecule has 108 valence electrons. The Labute approximate surface area is 128 Å². The van der Waals surface area contributed by atoms with E-state index in [-0.39, 0.29) is 26.9 Å². The summed E-state index contributed by atoms with van der Waals surface area (Å²) in [6, 6.07) is 11.1. The van der Waals surface area contributed by atoms with Gasteiger partial charge in [-0.05, 0) is 36.8 Å². The van der Waals surface area contributed by atoms with Crippen molar-refractivity contribution in [3.05, 3.63) is 52.5 Å². The molecule has 0 saturated carbocycles. The van der Waals surface area contributed by atoms with E-state index in [4.69, 9.17) is 22.6 Å². The van der Waals surface area contributed by atoms with Gasteiger partial charge in [-0.15, -0.1) is 0 Å². The minimum Gasteiger partial charge on any atom is -0.398 e. The number of nitrogens with zero attached hydrogens (tertiary/aromatic N) is 1. The first-order chi connectivity index (χ1) is 9.85. The Balaban J connectivity index is 2.46. The van der Waals surface area contributed by atoms with E-state index >= 15 is 0 Å². The normalized spacial score (nSPS) is 10.9. The Morgan fingerprint density at radius 2 is 2.00 bits per heavy atom. The van der Waals surface area contributed by atoms with Gasteiger partial charge in [-0.1, -0.05) is 23.7 Å². The summed E-state index contributed by atoms with van der Waals surface area (Å²) in [7, 11) is -3.84. The van der Waals surface area contributed by atoms with Gasteiger partial charge in [-0.2, -0.15) is 5.26 Å². The van der Waals surface area contributed by atoms with Gasteiger partial charge >= 0.3 is 0 Å². The number of halogens is 1. The number of nitrogens with two attached hydrogens (primary N) is 1. The van der Waals surface area contributed by atoms with Gasteiger partial charge in [0.05, 0.1) is 22.0 Å². The van der Waals surface area contributed by atoms with Crippen LogP contribution in [0.3, 0.4) is 0 Å². The summed E-state index contributed by atoms with van der Waals surface area (Å²) < 4.78 is 27.2. The molecule has 0 saturated heterocycles. The van der Waals surface area contributed by atoms with Crippen LogP contribution in [0.5, 0.6) is 0 Å². The summed E-state index contributed by atoms with van der Waals surface area (Å²) in [5.74, 6) is 0. The Morgan fingerprint density at radius 1 is 1.29 bits per heavy atom. The van der Waals surface area contributed by atoms with Crippen LogP contribution in [-0.4, -0.2) is 8.42 Å². The molecule has 2 aromatic carbocycles. The molecule has 0 aromatic heterocycles. The number of hydrogen-bond acceptors (Lipinski definition) is 4. The summed E-state index contributed by atoms with van der Waals surface area (Å²) in [5, 5.41) is 9.17. The molecule has 5 nitrogen and oxygen atoms in total. The number of rotatable bonds is 3. The van der Waals surface area contributed by atoms with Crippen molar-refractivity contribution >= 4 is 33.0 Å². The highest BCUT2D eigenvalue weighted by atomic mass is 35.5. The fourth-order valence-corrected chi connectivity index (χ4v) is 3.49. The van der Waals surface area contributed by atoms with Crippen molar-refractivity contribution in [2.75, 3.05) is 10.5 Å². The van der Waals surface area contributed by atoms with Gasteiger partial charge in [0.25, 0.3) is 10.0 Å². The molecule has 0 atom stereocenters. The number of hydrogen-bond donors (Lipinski definition) is 2. The van der Waals surface area contributed by atoms with E-state index in [0.717, 1.165) is 0 Å². The van der Waals surface area contributed by atoms with Gasteiger partial charge < -0.3 is 5.73 Å². The highest BCUT2D eigenvalue weighted by molar-refractivity contribution is 7.93. The number of aryl methyl sites for hydroxylation is 1. The molecule has 3 N–H and O–H groups in total. The Hall–Kier alpha value is -2.23. The van der Waals surface area contributed by atoms with E-state index in [1.165, 1.54) is 24.3 Å². The Bertz CT molecular complexity index is 822. The van der Waals surface area contributed by atoms with E-state index in [1.54, 1.807) is 19.1 Å². The third-order valence-corrected chi connectivity index (χ3v) is 4.78. The van der Waals surface area contributed by atoms with Crippen LogP contribution in [0.2, 0.25) is 5.02 Å². The summed E-state index contributed by atoms with van der Waals surface area (Å²) in [6.07, 6.45) is 0. The van der Waals surface area contributed by atoms with E-state index in [9.17, 15) is 8.42 Å². The highest BCUT2D eigenvalue weighted by Crippen LogP contribution is 2.26. The average Bonchev–Trinajstić information content (AvgIpc) is 2.40. The number of anilines is 2. The maximum atomic E-state index is 12.4. The van der Waals surface area contributed by atoms with Crippen molar-refractivity contribution in [1.82, 2.24) is 0 Å². The highest BCUT2D eigenvalue weighted by Gasteiger charge is 2.20. The molecular formula is C14H12ClN3O2S. The second-order valence-electron chi connectivity index (χ2n) is 4.41. The van der Waals surface area contributed by atoms with Crippen LogP contribution in [-0.2, 0) is 10.0 Å². The molecule has 0 spiro atoms. The molecular weight excluding hydrogens is 310 g/mol. The van der Waals surface area contributed by atoms with Crippen molar-refractivity contribution in [3.63, 3.8) is 0 Å². The summed E-state index contributed by atoms with van der Waals surface area (Å²) >= 11 is 5.82. The van der Waals surface area contributed by atoms with Crippen LogP contribution >= 0.6 is 11.6 Å². The smallest absolute Gasteiger partial charge is 0.264 e. The van der Waals surface area contributed by atoms with Crippen molar-refractivity contribution in [2.45, 2.75) is 11.8 Å². The second kappa shape index (κ2) is 5.64. The molecule has 0 aliphatic carbocycles. The molecule has 0 heterocycles. The standard InChI is InChI=1S/C14H12ClN3O2S/c1-9-3-2-4-13(17)14(9)21(19,20)18-11-5-6-12(15)10(7-11)8-16/h2-7,18H,17H2,1H3. The predicted octanol–water partition coefficient (Wildman–Crippen LogP) is 2.90. The van der Waals surface area contributed by atoms with Crippen molar-refractivity contribution in [1.29, 1.82) is 5.26 Å². The molecule has 0 radical (unpaired) electrons. The quantitative estimate of drug-likeness (QED) is 0.849. The molecule has 0 bridgehead atoms. The third kappa shape index (κ3) is 3.10. The van der Waals surface area contributed by atoms with E-state index in [0.29, 0.717) is 5.56 Å². The van der Waals surface area contributed by atoms with Gasteiger partial charge in [0.15, 0.2) is 0 Å². The lowest BCUT2D eigenvalue weighted by Crippen LogP contribution is -2.16. The summed E-state index contributed by atoms with van der Waals surface area (Å²) in [5.41, 5.74) is 6.89. The van der Waals surface area contributed by atoms with Crippen molar-refractivity contribution in [3.8, 4) is 6.07 Å². The van der Waals surface area contributed by atoms with Gasteiger partial charge in [-0.25, -0.2) is 8.42 Å². The van der Waals surface area contributed by atoms with Crippen LogP contribution in [0, 0.1) is 18.3 Å². The van der Waals surface area contributed by atoms with E-state index < -0.39 is 10.0 Å². The van der Waals surface area contributed by atoms with Crippen LogP contribution in [0.15, 0.2) is 41.3 Å². The number of nitrogens with one attached hydrogen (secondary N) is 1. The lowest BCUT2D eigenvalue weighted by atomic mass is 10.2. The maximum absolute atomic E-state index is 12.4. The average molecular weight is 322 g/mol. The zero-order chi connectivity index (χ0) is 15.6. The van der Waals surface area contributed by atoms with Gasteiger partial charge in [0.1, 0.15) is 11.0 Å². The number of benzene rings is 2. The minimum atomic E-state index is -3.84. The Morgan fingerprint density at radius 3 is 2.62 bits per heavy atom. The molecule has 7 heteroatoms. The maximum Gasteiger partial charge on any atom is 0.264 e. The molecule has 0 aliphatic rings. The first kappa shape index (κ1) is 15.2. The fourth-order valence-electron chi connectivity index (χ4n) is 1.92. The zero-order valence-corrected chi connectivity index (χ0v) is 12.7. The van der Waals surface area contributed by atoms with Crippen LogP contribution in [0.1, 0.15) is 11.1 Å². The van der Waals surface area contributed by atoms with Crippen LogP contribution in [0.25, 0.3) is 0 Å². The SMILES string of the molecule is Cc1cccc(N)c1S(=O)(=O)Nc1ccc(Cl)c(C#N)c1. The van der Waals surface area contributed by atoms with Crippen LogP contribution in [0.4, 0.5) is 11.4 Å². The number of nitrogen functional groups attached to an aromatic ring is 1. The molecule has 0 unspecified atom stereocenters. The van der Waals surface area contributed by atoms with Gasteiger partial charge in [-0.3, -0.25) is 4.72 Å². The molecule has 2 aromatic rings. The third-order valence-electron chi connectivity index (χ3n) is 2.85. The predicted molar refractivity (Wildman–Crippen MR) is 82.6 cm³/mol. The van der Waals surface area contributed by atoms with E-state index in [1.807, 2.05) is 6.07 Å². The first-order valence-electron chi connectivity index (χ1n) is 5.92. The molecule has 21 heavy (non-hydrogen) atoms. The first-order valence-corrected chi connectivity index (χ1v) is 7.79. The second-order valence-corrected chi connectivity index (χ2v) is 6.43. The van der Waals surface area contributed by atoms with Crippen LogP contribution < -0.4 is 10.5 Å². The van der Waals surface area contributed by atoms with Gasteiger partial charge in [0.2, 0.25) is 0 Å². The molecule has 2 rings (SSSR count). The van der Waals surface area contributed by atoms with E-state index in [2.05, 4.69) is 4.72 Å². The lowest BCUT2D eigenvalue weighted by molar-refractivity contribution is 0.601. The van der Waals surface area contributed by atoms with Crippen molar-refractivity contribution in [2.24, 2.45) is 0 Å². The molecule has 0 fully saturated rings. The van der Waals surface area contributed by atoms with Crippen molar-refractivity contribution < 1.29 is 8.42 Å². The monoisotopic (exact) mass is 321 g/mol. The minimum absolute atomic E-state index is 0.0263. The fraction of sp³-hybridized carbons (Fsp3) is 0.0714. The molecule has 0 aliphatic heterocycles. The zero-order valence-electron chi connectivity index (χ0n) is 11.1. The summed E-state index contributed by atoms with van der Waals surface area (Å²) in [6.45, 7) is 1.66. The number of nitriles is 1. The number of sulfonamides is 1. The van der Waals surface area contributed by atoms with Gasteiger partial charge in [0, 0.05) is 0 Å². The largest absolute Gasteiger partial charge is 0.398 e. The lowest BCUT2D eigenvalue weighted by Gasteiger charge is -2.12. The topological polar surface area (TPSA) is 96.0 Å².